The second-order valence-corrected chi connectivity index (χ2v) is 5.16. The number of nitrogens with one attached hydrogen (secondary N) is 2. The fraction of sp³-hybridized carbons (Fsp3) is 0.211. The number of hydrogen-bond donors (Lipinski definition) is 2. The molecular formula is C19H22N2O. The summed E-state index contributed by atoms with van der Waals surface area (Å²) >= 11 is 0. The van der Waals surface area contributed by atoms with Crippen LogP contribution < -0.4 is 10.6 Å². The topological polar surface area (TPSA) is 41.1 Å². The summed E-state index contributed by atoms with van der Waals surface area (Å²) in [6.45, 7) is 4.19. The SMILES string of the molecule is CC/C=C(/Nc1ccc(CC=O)cc1)Nc1ccccc1C. The van der Waals surface area contributed by atoms with Crippen LogP contribution in [0.5, 0.6) is 0 Å². The Kier molecular flexibility index (Phi) is 5.78. The van der Waals surface area contributed by atoms with Crippen molar-refractivity contribution < 1.29 is 4.79 Å². The molecule has 2 aromatic carbocycles. The van der Waals surface area contributed by atoms with Crippen LogP contribution in [0.4, 0.5) is 11.4 Å². The van der Waals surface area contributed by atoms with E-state index in [0.717, 1.165) is 35.5 Å². The molecule has 0 aliphatic rings. The molecule has 114 valence electrons. The molecule has 2 rings (SSSR count). The summed E-state index contributed by atoms with van der Waals surface area (Å²) in [7, 11) is 0. The predicted molar refractivity (Wildman–Crippen MR) is 93.0 cm³/mol. The van der Waals surface area contributed by atoms with Gasteiger partial charge in [-0.2, -0.15) is 0 Å². The molecule has 0 fully saturated rings. The fourth-order valence-corrected chi connectivity index (χ4v) is 2.17. The zero-order valence-electron chi connectivity index (χ0n) is 13.1. The molecule has 0 saturated carbocycles. The van der Waals surface area contributed by atoms with Gasteiger partial charge in [-0.25, -0.2) is 0 Å². The van der Waals surface area contributed by atoms with Gasteiger partial charge in [-0.05, 0) is 48.7 Å². The van der Waals surface area contributed by atoms with Gasteiger partial charge in [-0.1, -0.05) is 37.3 Å². The maximum Gasteiger partial charge on any atom is 0.124 e. The number of aldehydes is 1. The van der Waals surface area contributed by atoms with E-state index in [-0.39, 0.29) is 0 Å². The van der Waals surface area contributed by atoms with Crippen LogP contribution in [0.3, 0.4) is 0 Å². The molecule has 0 aliphatic carbocycles. The summed E-state index contributed by atoms with van der Waals surface area (Å²) in [5, 5.41) is 6.82. The van der Waals surface area contributed by atoms with Crippen LogP contribution in [0.25, 0.3) is 0 Å². The minimum Gasteiger partial charge on any atom is -0.342 e. The fourth-order valence-electron chi connectivity index (χ4n) is 2.17. The molecule has 0 unspecified atom stereocenters. The molecule has 0 aliphatic heterocycles. The van der Waals surface area contributed by atoms with E-state index in [2.05, 4.69) is 42.7 Å². The van der Waals surface area contributed by atoms with Crippen LogP contribution in [0, 0.1) is 6.92 Å². The molecule has 0 saturated heterocycles. The average molecular weight is 294 g/mol. The number of rotatable bonds is 7. The maximum absolute atomic E-state index is 10.5. The van der Waals surface area contributed by atoms with Gasteiger partial charge in [0.15, 0.2) is 0 Å². The molecule has 3 heteroatoms. The monoisotopic (exact) mass is 294 g/mol. The minimum absolute atomic E-state index is 0.458. The Morgan fingerprint density at radius 2 is 1.77 bits per heavy atom. The molecule has 0 spiro atoms. The van der Waals surface area contributed by atoms with Gasteiger partial charge in [0, 0.05) is 17.8 Å². The first-order valence-electron chi connectivity index (χ1n) is 7.55. The van der Waals surface area contributed by atoms with Crippen molar-refractivity contribution in [3.05, 3.63) is 71.6 Å². The normalized spacial score (nSPS) is 11.1. The van der Waals surface area contributed by atoms with Gasteiger partial charge in [0.05, 0.1) is 0 Å². The summed E-state index contributed by atoms with van der Waals surface area (Å²) in [5.41, 5.74) is 4.31. The molecule has 0 bridgehead atoms. The molecule has 0 atom stereocenters. The third-order valence-corrected chi connectivity index (χ3v) is 3.37. The Bertz CT molecular complexity index is 645. The smallest absolute Gasteiger partial charge is 0.124 e. The lowest BCUT2D eigenvalue weighted by Gasteiger charge is -2.15. The Balaban J connectivity index is 2.10. The number of anilines is 2. The van der Waals surface area contributed by atoms with Crippen LogP contribution in [-0.4, -0.2) is 6.29 Å². The van der Waals surface area contributed by atoms with E-state index in [0.29, 0.717) is 6.42 Å². The average Bonchev–Trinajstić information content (AvgIpc) is 2.52. The van der Waals surface area contributed by atoms with Gasteiger partial charge in [0.2, 0.25) is 0 Å². The number of allylic oxidation sites excluding steroid dienone is 1. The zero-order chi connectivity index (χ0) is 15.8. The van der Waals surface area contributed by atoms with Crippen LogP contribution in [0.1, 0.15) is 24.5 Å². The van der Waals surface area contributed by atoms with Gasteiger partial charge in [-0.3, -0.25) is 0 Å². The highest BCUT2D eigenvalue weighted by atomic mass is 16.1. The van der Waals surface area contributed by atoms with Crippen molar-refractivity contribution in [2.75, 3.05) is 10.6 Å². The second-order valence-electron chi connectivity index (χ2n) is 5.16. The third kappa shape index (κ3) is 4.48. The first-order valence-corrected chi connectivity index (χ1v) is 7.55. The number of aryl methyl sites for hydroxylation is 1. The molecule has 0 radical (unpaired) electrons. The molecule has 0 amide bonds. The highest BCUT2D eigenvalue weighted by molar-refractivity contribution is 5.60. The van der Waals surface area contributed by atoms with E-state index in [1.54, 1.807) is 0 Å². The van der Waals surface area contributed by atoms with Crippen molar-refractivity contribution in [3.63, 3.8) is 0 Å². The quantitative estimate of drug-likeness (QED) is 0.738. The lowest BCUT2D eigenvalue weighted by atomic mass is 10.1. The standard InChI is InChI=1S/C19H22N2O/c1-3-6-19(21-18-8-5-4-7-15(18)2)20-17-11-9-16(10-12-17)13-14-22/h4-12,14,20-21H,3,13H2,1-2H3/b19-6-. The van der Waals surface area contributed by atoms with Crippen molar-refractivity contribution in [2.45, 2.75) is 26.7 Å². The van der Waals surface area contributed by atoms with E-state index in [1.165, 1.54) is 5.56 Å². The zero-order valence-corrected chi connectivity index (χ0v) is 13.1. The Morgan fingerprint density at radius 3 is 2.41 bits per heavy atom. The number of carbonyl (C=O) groups is 1. The van der Waals surface area contributed by atoms with Crippen molar-refractivity contribution in [3.8, 4) is 0 Å². The van der Waals surface area contributed by atoms with Gasteiger partial charge in [-0.15, -0.1) is 0 Å². The highest BCUT2D eigenvalue weighted by Crippen LogP contribution is 2.18. The van der Waals surface area contributed by atoms with E-state index in [1.807, 2.05) is 36.4 Å². The molecule has 3 nitrogen and oxygen atoms in total. The summed E-state index contributed by atoms with van der Waals surface area (Å²) in [4.78, 5) is 10.5. The van der Waals surface area contributed by atoms with Gasteiger partial charge in [0.1, 0.15) is 12.1 Å². The largest absolute Gasteiger partial charge is 0.342 e. The number of benzene rings is 2. The predicted octanol–water partition coefficient (Wildman–Crippen LogP) is 4.51. The lowest BCUT2D eigenvalue weighted by molar-refractivity contribution is -0.107. The van der Waals surface area contributed by atoms with Gasteiger partial charge < -0.3 is 15.4 Å². The lowest BCUT2D eigenvalue weighted by Crippen LogP contribution is -2.10. The Hall–Kier alpha value is -2.55. The Labute approximate surface area is 132 Å². The van der Waals surface area contributed by atoms with Crippen LogP contribution in [0.15, 0.2) is 60.4 Å². The molecule has 2 aromatic rings. The van der Waals surface area contributed by atoms with Gasteiger partial charge >= 0.3 is 0 Å². The first-order chi connectivity index (χ1) is 10.7. The summed E-state index contributed by atoms with van der Waals surface area (Å²) in [6, 6.07) is 16.1. The van der Waals surface area contributed by atoms with Gasteiger partial charge in [0.25, 0.3) is 0 Å². The molecule has 2 N–H and O–H groups in total. The van der Waals surface area contributed by atoms with E-state index in [9.17, 15) is 4.79 Å². The van der Waals surface area contributed by atoms with Crippen molar-refractivity contribution in [2.24, 2.45) is 0 Å². The maximum atomic E-state index is 10.5. The molecular weight excluding hydrogens is 272 g/mol. The van der Waals surface area contributed by atoms with Crippen molar-refractivity contribution >= 4 is 17.7 Å². The van der Waals surface area contributed by atoms with E-state index in [4.69, 9.17) is 0 Å². The summed E-state index contributed by atoms with van der Waals surface area (Å²) < 4.78 is 0. The van der Waals surface area contributed by atoms with E-state index < -0.39 is 0 Å². The number of para-hydroxylation sites is 1. The molecule has 22 heavy (non-hydrogen) atoms. The summed E-state index contributed by atoms with van der Waals surface area (Å²) in [6.07, 6.45) is 4.43. The van der Waals surface area contributed by atoms with Crippen LogP contribution in [-0.2, 0) is 11.2 Å². The van der Waals surface area contributed by atoms with Crippen molar-refractivity contribution in [1.29, 1.82) is 0 Å². The van der Waals surface area contributed by atoms with Crippen molar-refractivity contribution in [1.82, 2.24) is 0 Å². The number of hydrogen-bond acceptors (Lipinski definition) is 3. The highest BCUT2D eigenvalue weighted by Gasteiger charge is 2.02. The molecule has 0 heterocycles. The minimum atomic E-state index is 0.458. The molecule has 0 aromatic heterocycles. The van der Waals surface area contributed by atoms with Crippen LogP contribution in [0.2, 0.25) is 0 Å². The van der Waals surface area contributed by atoms with E-state index >= 15 is 0 Å². The third-order valence-electron chi connectivity index (χ3n) is 3.37. The summed E-state index contributed by atoms with van der Waals surface area (Å²) in [5.74, 6) is 0.958. The Morgan fingerprint density at radius 1 is 1.05 bits per heavy atom. The second kappa shape index (κ2) is 8.03. The van der Waals surface area contributed by atoms with Crippen LogP contribution >= 0.6 is 0 Å². The first kappa shape index (κ1) is 15.8. The number of carbonyl (C=O) groups excluding carboxylic acids is 1.